The third-order valence-corrected chi connectivity index (χ3v) is 7.52. The van der Waals surface area contributed by atoms with Crippen LogP contribution in [-0.4, -0.2) is 30.9 Å². The highest BCUT2D eigenvalue weighted by atomic mass is 32.2. The van der Waals surface area contributed by atoms with Crippen LogP contribution in [0.25, 0.3) is 10.2 Å². The molecule has 3 aromatic rings. The molecule has 0 unspecified atom stereocenters. The van der Waals surface area contributed by atoms with E-state index in [-0.39, 0.29) is 10.8 Å². The maximum absolute atomic E-state index is 12.4. The van der Waals surface area contributed by atoms with Gasteiger partial charge in [0.25, 0.3) is 0 Å². The Hall–Kier alpha value is -1.90. The van der Waals surface area contributed by atoms with E-state index >= 15 is 0 Å². The lowest BCUT2D eigenvalue weighted by Gasteiger charge is -2.04. The largest absolute Gasteiger partial charge is 0.316 e. The number of amides is 1. The monoisotopic (exact) mass is 448 g/mol. The lowest BCUT2D eigenvalue weighted by molar-refractivity contribution is -0.117. The molecule has 29 heavy (non-hydrogen) atoms. The molecule has 3 rings (SSSR count). The van der Waals surface area contributed by atoms with Crippen LogP contribution in [-0.2, 0) is 21.2 Å². The highest BCUT2D eigenvalue weighted by molar-refractivity contribution is 7.99. The first-order chi connectivity index (χ1) is 13.8. The second-order valence-electron chi connectivity index (χ2n) is 6.86. The molecule has 0 atom stereocenters. The Balaban J connectivity index is 1.82. The van der Waals surface area contributed by atoms with Crippen LogP contribution < -0.4 is 4.80 Å². The van der Waals surface area contributed by atoms with Crippen LogP contribution in [0.5, 0.6) is 0 Å². The lowest BCUT2D eigenvalue weighted by atomic mass is 10.2. The van der Waals surface area contributed by atoms with E-state index in [1.807, 2.05) is 11.5 Å². The summed E-state index contributed by atoms with van der Waals surface area (Å²) < 4.78 is 26.5. The van der Waals surface area contributed by atoms with Gasteiger partial charge in [0, 0.05) is 29.9 Å². The van der Waals surface area contributed by atoms with Crippen molar-refractivity contribution in [2.45, 2.75) is 43.0 Å². The molecule has 0 N–H and O–H groups in total. The number of rotatable bonds is 7. The Bertz CT molecular complexity index is 1190. The molecule has 1 aromatic heterocycles. The third kappa shape index (κ3) is 5.58. The molecule has 0 saturated carbocycles. The van der Waals surface area contributed by atoms with Crippen LogP contribution in [0.15, 0.2) is 57.2 Å². The Morgan fingerprint density at radius 2 is 1.90 bits per heavy atom. The number of thiazole rings is 1. The molecule has 5 nitrogen and oxygen atoms in total. The molecule has 0 spiro atoms. The molecule has 0 aliphatic rings. The van der Waals surface area contributed by atoms with E-state index in [0.29, 0.717) is 17.0 Å². The van der Waals surface area contributed by atoms with Crippen LogP contribution >= 0.6 is 23.1 Å². The molecule has 0 radical (unpaired) electrons. The SMILES string of the molecule is CCCn1c(=NC(=O)CCSc2ccc(C)cc2)sc2cc(S(C)(=O)=O)ccc21. The van der Waals surface area contributed by atoms with Gasteiger partial charge in [-0.1, -0.05) is 36.0 Å². The van der Waals surface area contributed by atoms with Gasteiger partial charge in [0.1, 0.15) is 0 Å². The summed E-state index contributed by atoms with van der Waals surface area (Å²) in [5.74, 6) is 0.506. The standard InChI is InChI=1S/C21H24N2O3S3/c1-4-12-23-18-10-9-17(29(3,25)26)14-19(18)28-21(23)22-20(24)11-13-27-16-7-5-15(2)6-8-16/h5-10,14H,4,11-13H2,1-3H3. The molecule has 0 aliphatic heterocycles. The van der Waals surface area contributed by atoms with E-state index < -0.39 is 9.84 Å². The van der Waals surface area contributed by atoms with E-state index in [1.54, 1.807) is 30.0 Å². The van der Waals surface area contributed by atoms with Gasteiger partial charge in [-0.3, -0.25) is 4.79 Å². The number of carbonyl (C=O) groups is 1. The van der Waals surface area contributed by atoms with Crippen molar-refractivity contribution in [3.8, 4) is 0 Å². The number of nitrogens with zero attached hydrogens (tertiary/aromatic N) is 2. The number of carbonyl (C=O) groups excluding carboxylic acids is 1. The summed E-state index contributed by atoms with van der Waals surface area (Å²) in [4.78, 5) is 18.8. The minimum atomic E-state index is -3.28. The average molecular weight is 449 g/mol. The molecule has 154 valence electrons. The molecule has 2 aromatic carbocycles. The molecule has 0 bridgehead atoms. The quantitative estimate of drug-likeness (QED) is 0.501. The summed E-state index contributed by atoms with van der Waals surface area (Å²) in [5.41, 5.74) is 2.12. The summed E-state index contributed by atoms with van der Waals surface area (Å²) in [7, 11) is -3.28. The summed E-state index contributed by atoms with van der Waals surface area (Å²) in [6.45, 7) is 4.83. The highest BCUT2D eigenvalue weighted by Gasteiger charge is 2.12. The number of aryl methyl sites for hydroxylation is 2. The number of sulfone groups is 1. The number of benzene rings is 2. The summed E-state index contributed by atoms with van der Waals surface area (Å²) >= 11 is 3.00. The second-order valence-corrected chi connectivity index (χ2v) is 11.0. The Kier molecular flexibility index (Phi) is 6.97. The van der Waals surface area contributed by atoms with Crippen LogP contribution in [0.1, 0.15) is 25.3 Å². The van der Waals surface area contributed by atoms with Crippen LogP contribution in [0.4, 0.5) is 0 Å². The smallest absolute Gasteiger partial charge is 0.249 e. The molecular weight excluding hydrogens is 424 g/mol. The van der Waals surface area contributed by atoms with Crippen molar-refractivity contribution in [1.82, 2.24) is 4.57 Å². The fourth-order valence-electron chi connectivity index (χ4n) is 2.86. The Morgan fingerprint density at radius 3 is 2.55 bits per heavy atom. The van der Waals surface area contributed by atoms with Gasteiger partial charge in [0.2, 0.25) is 5.91 Å². The fraction of sp³-hybridized carbons (Fsp3) is 0.333. The van der Waals surface area contributed by atoms with E-state index in [9.17, 15) is 13.2 Å². The molecule has 0 aliphatic carbocycles. The van der Waals surface area contributed by atoms with Gasteiger partial charge in [0.05, 0.1) is 15.1 Å². The van der Waals surface area contributed by atoms with Crippen molar-refractivity contribution in [1.29, 1.82) is 0 Å². The van der Waals surface area contributed by atoms with E-state index in [2.05, 4.69) is 36.2 Å². The number of hydrogen-bond acceptors (Lipinski definition) is 5. The summed E-state index contributed by atoms with van der Waals surface area (Å²) in [6, 6.07) is 13.3. The van der Waals surface area contributed by atoms with Crippen LogP contribution in [0.3, 0.4) is 0 Å². The predicted octanol–water partition coefficient (Wildman–Crippen LogP) is 4.43. The number of hydrogen-bond donors (Lipinski definition) is 0. The van der Waals surface area contributed by atoms with E-state index in [4.69, 9.17) is 0 Å². The highest BCUT2D eigenvalue weighted by Crippen LogP contribution is 2.22. The lowest BCUT2D eigenvalue weighted by Crippen LogP contribution is -2.17. The number of fused-ring (bicyclic) bond motifs is 1. The van der Waals surface area contributed by atoms with Crippen LogP contribution in [0.2, 0.25) is 0 Å². The minimum Gasteiger partial charge on any atom is -0.316 e. The number of aromatic nitrogens is 1. The van der Waals surface area contributed by atoms with Crippen molar-refractivity contribution in [2.75, 3.05) is 12.0 Å². The maximum atomic E-state index is 12.4. The van der Waals surface area contributed by atoms with Gasteiger partial charge in [-0.2, -0.15) is 4.99 Å². The van der Waals surface area contributed by atoms with Gasteiger partial charge in [-0.15, -0.1) is 11.8 Å². The van der Waals surface area contributed by atoms with Crippen molar-refractivity contribution < 1.29 is 13.2 Å². The average Bonchev–Trinajstić information content (AvgIpc) is 2.99. The maximum Gasteiger partial charge on any atom is 0.249 e. The zero-order chi connectivity index (χ0) is 21.0. The minimum absolute atomic E-state index is 0.163. The molecule has 0 saturated heterocycles. The first-order valence-corrected chi connectivity index (χ1v) is 13.1. The topological polar surface area (TPSA) is 68.5 Å². The summed E-state index contributed by atoms with van der Waals surface area (Å²) in [5, 5.41) is 0. The van der Waals surface area contributed by atoms with E-state index in [1.165, 1.54) is 23.2 Å². The molecule has 1 heterocycles. The first kappa shape index (κ1) is 21.8. The van der Waals surface area contributed by atoms with Crippen molar-refractivity contribution in [3.63, 3.8) is 0 Å². The normalized spacial score (nSPS) is 12.6. The zero-order valence-electron chi connectivity index (χ0n) is 16.7. The van der Waals surface area contributed by atoms with Crippen molar-refractivity contribution in [3.05, 3.63) is 52.8 Å². The van der Waals surface area contributed by atoms with E-state index in [0.717, 1.165) is 28.1 Å². The van der Waals surface area contributed by atoms with Crippen LogP contribution in [0, 0.1) is 6.92 Å². The van der Waals surface area contributed by atoms with Gasteiger partial charge in [0.15, 0.2) is 14.6 Å². The molecule has 1 amide bonds. The van der Waals surface area contributed by atoms with Gasteiger partial charge >= 0.3 is 0 Å². The summed E-state index contributed by atoms with van der Waals surface area (Å²) in [6.07, 6.45) is 2.44. The van der Waals surface area contributed by atoms with Gasteiger partial charge < -0.3 is 4.57 Å². The molecule has 0 fully saturated rings. The Labute approximate surface area is 179 Å². The van der Waals surface area contributed by atoms with Crippen molar-refractivity contribution in [2.24, 2.45) is 4.99 Å². The van der Waals surface area contributed by atoms with Gasteiger partial charge in [-0.25, -0.2) is 8.42 Å². The fourth-order valence-corrected chi connectivity index (χ4v) is 5.54. The van der Waals surface area contributed by atoms with Crippen molar-refractivity contribution >= 4 is 49.1 Å². The predicted molar refractivity (Wildman–Crippen MR) is 120 cm³/mol. The second kappa shape index (κ2) is 9.28. The van der Waals surface area contributed by atoms with Gasteiger partial charge in [-0.05, 0) is 43.7 Å². The zero-order valence-corrected chi connectivity index (χ0v) is 19.2. The third-order valence-electron chi connectivity index (χ3n) is 4.36. The Morgan fingerprint density at radius 1 is 1.17 bits per heavy atom. The first-order valence-electron chi connectivity index (χ1n) is 9.38. The molecule has 8 heteroatoms. The molecular formula is C21H24N2O3S3. The number of thioether (sulfide) groups is 1.